The van der Waals surface area contributed by atoms with Crippen molar-refractivity contribution in [2.45, 2.75) is 19.4 Å². The number of hydrogen-bond acceptors (Lipinski definition) is 8. The van der Waals surface area contributed by atoms with Gasteiger partial charge in [0.1, 0.15) is 6.20 Å². The zero-order valence-corrected chi connectivity index (χ0v) is 10.8. The van der Waals surface area contributed by atoms with Crippen molar-refractivity contribution in [2.75, 3.05) is 30.1 Å². The minimum absolute atomic E-state index is 0.142. The fraction of sp³-hybridized carbons (Fsp3) is 0.600. The number of hydrogen-bond donors (Lipinski definition) is 2. The third-order valence-electron chi connectivity index (χ3n) is 2.98. The molecule has 2 rings (SSSR count). The highest BCUT2D eigenvalue weighted by Crippen LogP contribution is 2.32. The highest BCUT2D eigenvalue weighted by atomic mass is 16.6. The maximum atomic E-state index is 11.1. The van der Waals surface area contributed by atoms with Crippen LogP contribution in [-0.2, 0) is 4.74 Å². The summed E-state index contributed by atoms with van der Waals surface area (Å²) in [6.07, 6.45) is 1.16. The Bertz CT molecular complexity index is 492. The number of nitrogens with zero attached hydrogens (tertiary/aromatic N) is 4. The van der Waals surface area contributed by atoms with E-state index in [-0.39, 0.29) is 23.0 Å². The Labute approximate surface area is 109 Å². The van der Waals surface area contributed by atoms with E-state index < -0.39 is 4.92 Å². The van der Waals surface area contributed by atoms with E-state index in [2.05, 4.69) is 15.4 Å². The second kappa shape index (κ2) is 4.94. The summed E-state index contributed by atoms with van der Waals surface area (Å²) >= 11 is 0. The molecule has 19 heavy (non-hydrogen) atoms. The van der Waals surface area contributed by atoms with E-state index in [9.17, 15) is 10.1 Å². The number of hydrazine groups is 1. The molecule has 1 aliphatic rings. The number of anilines is 2. The lowest BCUT2D eigenvalue weighted by Crippen LogP contribution is -2.53. The third-order valence-corrected chi connectivity index (χ3v) is 2.98. The highest BCUT2D eigenvalue weighted by molar-refractivity contribution is 5.60. The van der Waals surface area contributed by atoms with Gasteiger partial charge in [-0.3, -0.25) is 15.5 Å². The van der Waals surface area contributed by atoms with E-state index in [1.165, 1.54) is 0 Å². The van der Waals surface area contributed by atoms with Crippen molar-refractivity contribution in [3.63, 3.8) is 0 Å². The van der Waals surface area contributed by atoms with E-state index in [0.29, 0.717) is 19.8 Å². The zero-order chi connectivity index (χ0) is 14.0. The molecule has 104 valence electrons. The van der Waals surface area contributed by atoms with Gasteiger partial charge in [-0.25, -0.2) is 10.8 Å². The molecule has 0 spiro atoms. The van der Waals surface area contributed by atoms with Crippen LogP contribution in [0.2, 0.25) is 0 Å². The fourth-order valence-corrected chi connectivity index (χ4v) is 2.01. The van der Waals surface area contributed by atoms with Crippen molar-refractivity contribution < 1.29 is 9.66 Å². The number of nitrogen functional groups attached to an aromatic ring is 1. The van der Waals surface area contributed by atoms with Gasteiger partial charge in [-0.1, -0.05) is 0 Å². The number of ether oxygens (including phenoxy) is 1. The van der Waals surface area contributed by atoms with E-state index in [1.54, 1.807) is 0 Å². The van der Waals surface area contributed by atoms with Crippen LogP contribution in [0.4, 0.5) is 17.5 Å². The predicted molar refractivity (Wildman–Crippen MR) is 68.7 cm³/mol. The van der Waals surface area contributed by atoms with Crippen molar-refractivity contribution in [1.82, 2.24) is 9.97 Å². The lowest BCUT2D eigenvalue weighted by atomic mass is 10.0. The van der Waals surface area contributed by atoms with E-state index in [0.717, 1.165) is 6.20 Å². The number of nitrogens with two attached hydrogens (primary N) is 1. The third kappa shape index (κ3) is 2.56. The van der Waals surface area contributed by atoms with Gasteiger partial charge in [0.15, 0.2) is 0 Å². The van der Waals surface area contributed by atoms with Crippen LogP contribution in [0.3, 0.4) is 0 Å². The molecule has 0 atom stereocenters. The quantitative estimate of drug-likeness (QED) is 0.456. The molecule has 0 aliphatic carbocycles. The van der Waals surface area contributed by atoms with Crippen LogP contribution in [0.5, 0.6) is 0 Å². The molecule has 1 aromatic rings. The molecular weight excluding hydrogens is 252 g/mol. The molecule has 0 unspecified atom stereocenters. The molecule has 1 fully saturated rings. The molecule has 0 bridgehead atoms. The molecule has 9 heteroatoms. The van der Waals surface area contributed by atoms with E-state index in [1.807, 2.05) is 18.7 Å². The predicted octanol–water partition coefficient (Wildman–Crippen LogP) is 0.286. The first-order valence-corrected chi connectivity index (χ1v) is 5.79. The smallest absolute Gasteiger partial charge is 0.329 e. The summed E-state index contributed by atoms with van der Waals surface area (Å²) < 4.78 is 5.40. The van der Waals surface area contributed by atoms with Gasteiger partial charge in [-0.05, 0) is 13.8 Å². The first-order chi connectivity index (χ1) is 8.95. The van der Waals surface area contributed by atoms with Crippen LogP contribution in [0.25, 0.3) is 0 Å². The monoisotopic (exact) mass is 268 g/mol. The van der Waals surface area contributed by atoms with Crippen LogP contribution in [-0.4, -0.2) is 40.2 Å². The summed E-state index contributed by atoms with van der Waals surface area (Å²) in [5.74, 6) is 5.65. The average Bonchev–Trinajstić information content (AvgIpc) is 2.37. The second-order valence-electron chi connectivity index (χ2n) is 4.82. The fourth-order valence-electron chi connectivity index (χ4n) is 2.01. The van der Waals surface area contributed by atoms with Crippen molar-refractivity contribution in [2.24, 2.45) is 5.84 Å². The Morgan fingerprint density at radius 3 is 2.95 bits per heavy atom. The summed E-state index contributed by atoms with van der Waals surface area (Å²) in [5, 5.41) is 11.1. The number of morpholine rings is 1. The number of nitrogens with one attached hydrogen (secondary N) is 1. The number of nitro groups is 1. The molecule has 0 saturated carbocycles. The molecule has 0 radical (unpaired) electrons. The minimum atomic E-state index is -0.499. The molecule has 9 nitrogen and oxygen atoms in total. The van der Waals surface area contributed by atoms with Crippen molar-refractivity contribution >= 4 is 17.5 Å². The van der Waals surface area contributed by atoms with Crippen LogP contribution in [0.15, 0.2) is 6.20 Å². The van der Waals surface area contributed by atoms with Crippen LogP contribution >= 0.6 is 0 Å². The maximum absolute atomic E-state index is 11.1. The van der Waals surface area contributed by atoms with Gasteiger partial charge in [-0.15, -0.1) is 0 Å². The summed E-state index contributed by atoms with van der Waals surface area (Å²) in [4.78, 5) is 20.3. The topological polar surface area (TPSA) is 119 Å². The summed E-state index contributed by atoms with van der Waals surface area (Å²) in [6, 6.07) is 0. The van der Waals surface area contributed by atoms with Gasteiger partial charge in [0.05, 0.1) is 23.7 Å². The van der Waals surface area contributed by atoms with Crippen LogP contribution in [0.1, 0.15) is 13.8 Å². The SMILES string of the molecule is CC1(C)COCCN1c1nc(NN)ncc1[N+](=O)[O-]. The Kier molecular flexibility index (Phi) is 3.49. The zero-order valence-electron chi connectivity index (χ0n) is 10.8. The Morgan fingerprint density at radius 2 is 2.37 bits per heavy atom. The largest absolute Gasteiger partial charge is 0.377 e. The molecule has 0 aromatic carbocycles. The molecule has 0 amide bonds. The van der Waals surface area contributed by atoms with Crippen molar-refractivity contribution in [1.29, 1.82) is 0 Å². The molecule has 2 heterocycles. The van der Waals surface area contributed by atoms with Gasteiger partial charge >= 0.3 is 5.69 Å². The normalized spacial score (nSPS) is 18.2. The van der Waals surface area contributed by atoms with Crippen LogP contribution in [0, 0.1) is 10.1 Å². The average molecular weight is 268 g/mol. The summed E-state index contributed by atoms with van der Waals surface area (Å²) in [7, 11) is 0. The van der Waals surface area contributed by atoms with Crippen molar-refractivity contribution in [3.05, 3.63) is 16.3 Å². The second-order valence-corrected chi connectivity index (χ2v) is 4.82. The van der Waals surface area contributed by atoms with E-state index >= 15 is 0 Å². The van der Waals surface area contributed by atoms with Gasteiger partial charge in [0.2, 0.25) is 11.8 Å². The Hall–Kier alpha value is -2.00. The van der Waals surface area contributed by atoms with Crippen LogP contribution < -0.4 is 16.2 Å². The van der Waals surface area contributed by atoms with Gasteiger partial charge < -0.3 is 9.64 Å². The van der Waals surface area contributed by atoms with Crippen molar-refractivity contribution in [3.8, 4) is 0 Å². The summed E-state index contributed by atoms with van der Waals surface area (Å²) in [6.45, 7) is 5.37. The lowest BCUT2D eigenvalue weighted by Gasteiger charge is -2.42. The molecule has 1 saturated heterocycles. The lowest BCUT2D eigenvalue weighted by molar-refractivity contribution is -0.384. The molecule has 1 aromatic heterocycles. The first kappa shape index (κ1) is 13.4. The Balaban J connectivity index is 2.49. The maximum Gasteiger partial charge on any atom is 0.329 e. The first-order valence-electron chi connectivity index (χ1n) is 5.79. The standard InChI is InChI=1S/C10H16N6O3/c1-10(2)6-19-4-3-15(10)8-7(16(17)18)5-12-9(13-8)14-11/h5H,3-4,6,11H2,1-2H3,(H,12,13,14). The highest BCUT2D eigenvalue weighted by Gasteiger charge is 2.36. The Morgan fingerprint density at radius 1 is 1.63 bits per heavy atom. The number of rotatable bonds is 3. The molecule has 1 aliphatic heterocycles. The summed E-state index contributed by atoms with van der Waals surface area (Å²) in [5.41, 5.74) is 1.77. The van der Waals surface area contributed by atoms with E-state index in [4.69, 9.17) is 10.6 Å². The number of aromatic nitrogens is 2. The molecule has 3 N–H and O–H groups in total. The van der Waals surface area contributed by atoms with Gasteiger partial charge in [-0.2, -0.15) is 4.98 Å². The van der Waals surface area contributed by atoms with Gasteiger partial charge in [0.25, 0.3) is 0 Å². The van der Waals surface area contributed by atoms with Gasteiger partial charge in [0, 0.05) is 6.54 Å². The minimum Gasteiger partial charge on any atom is -0.377 e. The molecular formula is C10H16N6O3.